The van der Waals surface area contributed by atoms with E-state index in [2.05, 4.69) is 6.58 Å². The topological polar surface area (TPSA) is 63.4 Å². The second-order valence-electron chi connectivity index (χ2n) is 5.33. The molecule has 2 N–H and O–H groups in total. The van der Waals surface area contributed by atoms with Gasteiger partial charge in [0.1, 0.15) is 0 Å². The SMILES string of the molecule is C=CCN(C1CC1)S(=O)(=O)c1cccc2cc(N)ccc12. The molecular formula is C16H18N2O2S. The van der Waals surface area contributed by atoms with E-state index in [1.54, 1.807) is 40.7 Å². The normalized spacial score (nSPS) is 15.5. The number of nitrogens with zero attached hydrogens (tertiary/aromatic N) is 1. The molecule has 2 aromatic rings. The van der Waals surface area contributed by atoms with Crippen molar-refractivity contribution in [2.75, 3.05) is 12.3 Å². The highest BCUT2D eigenvalue weighted by atomic mass is 32.2. The summed E-state index contributed by atoms with van der Waals surface area (Å²) in [6.07, 6.45) is 3.48. The van der Waals surface area contributed by atoms with Crippen molar-refractivity contribution in [3.05, 3.63) is 49.1 Å². The quantitative estimate of drug-likeness (QED) is 0.682. The Bertz CT molecular complexity index is 795. The molecule has 0 bridgehead atoms. The van der Waals surface area contributed by atoms with Crippen molar-refractivity contribution in [1.29, 1.82) is 0 Å². The molecule has 0 atom stereocenters. The third-order valence-corrected chi connectivity index (χ3v) is 5.69. The lowest BCUT2D eigenvalue weighted by molar-refractivity contribution is 0.436. The van der Waals surface area contributed by atoms with Gasteiger partial charge in [0, 0.05) is 23.7 Å². The third kappa shape index (κ3) is 2.54. The van der Waals surface area contributed by atoms with Gasteiger partial charge < -0.3 is 5.73 Å². The van der Waals surface area contributed by atoms with Gasteiger partial charge in [-0.3, -0.25) is 0 Å². The number of sulfonamides is 1. The Balaban J connectivity index is 2.16. The predicted molar refractivity (Wildman–Crippen MR) is 85.5 cm³/mol. The van der Waals surface area contributed by atoms with Gasteiger partial charge in [-0.1, -0.05) is 24.3 Å². The van der Waals surface area contributed by atoms with Crippen LogP contribution < -0.4 is 5.73 Å². The van der Waals surface area contributed by atoms with Crippen molar-refractivity contribution in [3.63, 3.8) is 0 Å². The molecule has 1 saturated carbocycles. The van der Waals surface area contributed by atoms with Crippen LogP contribution in [0, 0.1) is 0 Å². The lowest BCUT2D eigenvalue weighted by Crippen LogP contribution is -2.33. The van der Waals surface area contributed by atoms with E-state index in [0.717, 1.165) is 18.2 Å². The summed E-state index contributed by atoms with van der Waals surface area (Å²) in [4.78, 5) is 0.341. The third-order valence-electron chi connectivity index (χ3n) is 3.71. The van der Waals surface area contributed by atoms with E-state index in [1.165, 1.54) is 0 Å². The molecule has 0 amide bonds. The summed E-state index contributed by atoms with van der Waals surface area (Å²) in [5, 5.41) is 1.55. The molecule has 0 heterocycles. The number of nitrogens with two attached hydrogens (primary N) is 1. The Hall–Kier alpha value is -1.85. The van der Waals surface area contributed by atoms with E-state index in [4.69, 9.17) is 5.73 Å². The summed E-state index contributed by atoms with van der Waals surface area (Å²) in [7, 11) is -3.52. The van der Waals surface area contributed by atoms with E-state index >= 15 is 0 Å². The molecule has 0 radical (unpaired) electrons. The van der Waals surface area contributed by atoms with Crippen molar-refractivity contribution in [2.45, 2.75) is 23.8 Å². The molecule has 1 aliphatic carbocycles. The standard InChI is InChI=1S/C16H18N2O2S/c1-2-10-18(14-7-8-14)21(19,20)16-5-3-4-12-11-13(17)6-9-15(12)16/h2-6,9,11,14H,1,7-8,10,17H2. The van der Waals surface area contributed by atoms with Gasteiger partial charge in [0.05, 0.1) is 4.90 Å². The Morgan fingerprint density at radius 1 is 1.29 bits per heavy atom. The van der Waals surface area contributed by atoms with Crippen molar-refractivity contribution >= 4 is 26.5 Å². The van der Waals surface area contributed by atoms with Crippen molar-refractivity contribution in [3.8, 4) is 0 Å². The van der Waals surface area contributed by atoms with Crippen molar-refractivity contribution in [2.24, 2.45) is 0 Å². The van der Waals surface area contributed by atoms with Gasteiger partial charge in [0.15, 0.2) is 0 Å². The van der Waals surface area contributed by atoms with Crippen LogP contribution in [0.4, 0.5) is 5.69 Å². The van der Waals surface area contributed by atoms with Gasteiger partial charge in [-0.25, -0.2) is 8.42 Å². The van der Waals surface area contributed by atoms with Crippen LogP contribution in [0.1, 0.15) is 12.8 Å². The predicted octanol–water partition coefficient (Wildman–Crippen LogP) is 2.76. The molecule has 5 heteroatoms. The maximum absolute atomic E-state index is 12.9. The summed E-state index contributed by atoms with van der Waals surface area (Å²) >= 11 is 0. The van der Waals surface area contributed by atoms with Crippen molar-refractivity contribution < 1.29 is 8.42 Å². The number of benzene rings is 2. The largest absolute Gasteiger partial charge is 0.399 e. The maximum atomic E-state index is 12.9. The van der Waals surface area contributed by atoms with Crippen LogP contribution in [-0.2, 0) is 10.0 Å². The Morgan fingerprint density at radius 2 is 2.05 bits per heavy atom. The van der Waals surface area contributed by atoms with Crippen LogP contribution in [0.15, 0.2) is 53.9 Å². The van der Waals surface area contributed by atoms with Crippen LogP contribution in [0.2, 0.25) is 0 Å². The van der Waals surface area contributed by atoms with Crippen LogP contribution in [0.3, 0.4) is 0 Å². The first-order valence-corrected chi connectivity index (χ1v) is 8.39. The first-order chi connectivity index (χ1) is 10.0. The number of fused-ring (bicyclic) bond motifs is 1. The van der Waals surface area contributed by atoms with E-state index in [1.807, 2.05) is 6.07 Å². The number of nitrogen functional groups attached to an aromatic ring is 1. The summed E-state index contributed by atoms with van der Waals surface area (Å²) in [6.45, 7) is 4.01. The summed E-state index contributed by atoms with van der Waals surface area (Å²) < 4.78 is 27.4. The minimum absolute atomic E-state index is 0.108. The monoisotopic (exact) mass is 302 g/mol. The van der Waals surface area contributed by atoms with Crippen LogP contribution in [0.25, 0.3) is 10.8 Å². The summed E-state index contributed by atoms with van der Waals surface area (Å²) in [5.41, 5.74) is 6.40. The van der Waals surface area contributed by atoms with E-state index in [0.29, 0.717) is 22.5 Å². The first kappa shape index (κ1) is 14.1. The molecule has 1 aliphatic rings. The Labute approximate surface area is 124 Å². The molecule has 0 aromatic heterocycles. The second-order valence-corrected chi connectivity index (χ2v) is 7.19. The maximum Gasteiger partial charge on any atom is 0.244 e. The van der Waals surface area contributed by atoms with Crippen molar-refractivity contribution in [1.82, 2.24) is 4.31 Å². The van der Waals surface area contributed by atoms with Gasteiger partial charge in [0.25, 0.3) is 0 Å². The molecule has 0 spiro atoms. The molecule has 110 valence electrons. The van der Waals surface area contributed by atoms with E-state index in [9.17, 15) is 8.42 Å². The minimum Gasteiger partial charge on any atom is -0.399 e. The van der Waals surface area contributed by atoms with E-state index < -0.39 is 10.0 Å². The Kier molecular flexibility index (Phi) is 3.47. The van der Waals surface area contributed by atoms with Crippen LogP contribution >= 0.6 is 0 Å². The van der Waals surface area contributed by atoms with Gasteiger partial charge in [-0.05, 0) is 36.4 Å². The zero-order valence-corrected chi connectivity index (χ0v) is 12.5. The lowest BCUT2D eigenvalue weighted by atomic mass is 10.1. The number of anilines is 1. The average Bonchev–Trinajstić information content (AvgIpc) is 3.28. The molecule has 0 saturated heterocycles. The molecule has 1 fully saturated rings. The molecule has 4 nitrogen and oxygen atoms in total. The van der Waals surface area contributed by atoms with Gasteiger partial charge in [-0.15, -0.1) is 6.58 Å². The average molecular weight is 302 g/mol. The zero-order valence-electron chi connectivity index (χ0n) is 11.7. The number of hydrogen-bond donors (Lipinski definition) is 1. The molecular weight excluding hydrogens is 284 g/mol. The smallest absolute Gasteiger partial charge is 0.244 e. The molecule has 21 heavy (non-hydrogen) atoms. The van der Waals surface area contributed by atoms with Gasteiger partial charge in [0.2, 0.25) is 10.0 Å². The fourth-order valence-electron chi connectivity index (χ4n) is 2.56. The highest BCUT2D eigenvalue weighted by Gasteiger charge is 2.37. The van der Waals surface area contributed by atoms with E-state index in [-0.39, 0.29) is 6.04 Å². The fourth-order valence-corrected chi connectivity index (χ4v) is 4.43. The zero-order chi connectivity index (χ0) is 15.0. The fraction of sp³-hybridized carbons (Fsp3) is 0.250. The first-order valence-electron chi connectivity index (χ1n) is 6.95. The molecule has 0 aliphatic heterocycles. The second kappa shape index (κ2) is 5.16. The Morgan fingerprint density at radius 3 is 2.71 bits per heavy atom. The number of hydrogen-bond acceptors (Lipinski definition) is 3. The minimum atomic E-state index is -3.52. The molecule has 2 aromatic carbocycles. The summed E-state index contributed by atoms with van der Waals surface area (Å²) in [5.74, 6) is 0. The molecule has 3 rings (SSSR count). The van der Waals surface area contributed by atoms with Gasteiger partial charge in [-0.2, -0.15) is 4.31 Å². The highest BCUT2D eigenvalue weighted by Crippen LogP contribution is 2.34. The van der Waals surface area contributed by atoms with Gasteiger partial charge >= 0.3 is 0 Å². The summed E-state index contributed by atoms with van der Waals surface area (Å²) in [6, 6.07) is 10.7. The van der Waals surface area contributed by atoms with Crippen LogP contribution in [0.5, 0.6) is 0 Å². The van der Waals surface area contributed by atoms with Crippen LogP contribution in [-0.4, -0.2) is 25.3 Å². The molecule has 0 unspecified atom stereocenters. The number of rotatable bonds is 5. The lowest BCUT2D eigenvalue weighted by Gasteiger charge is -2.21. The highest BCUT2D eigenvalue weighted by molar-refractivity contribution is 7.89.